The number of carbonyl (C=O) groups excluding carboxylic acids is 1. The lowest BCUT2D eigenvalue weighted by atomic mass is 10.0. The van der Waals surface area contributed by atoms with Crippen LogP contribution in [0.25, 0.3) is 11.0 Å². The molecule has 0 spiro atoms. The predicted molar refractivity (Wildman–Crippen MR) is 122 cm³/mol. The van der Waals surface area contributed by atoms with E-state index in [0.717, 1.165) is 5.56 Å². The number of aromatic nitrogens is 3. The average Bonchev–Trinajstić information content (AvgIpc) is 3.12. The number of nitrogens with zero attached hydrogens (tertiary/aromatic N) is 3. The quantitative estimate of drug-likeness (QED) is 0.250. The third-order valence-corrected chi connectivity index (χ3v) is 6.55. The topological polar surface area (TPSA) is 56.9 Å². The molecule has 2 aromatic carbocycles. The molecule has 0 fully saturated rings. The number of fused-ring (bicyclic) bond motifs is 1. The van der Waals surface area contributed by atoms with Gasteiger partial charge >= 0.3 is 0 Å². The summed E-state index contributed by atoms with van der Waals surface area (Å²) in [6.45, 7) is 2.06. The molecular weight excluding hydrogens is 418 g/mol. The lowest BCUT2D eigenvalue weighted by molar-refractivity contribution is 0.103. The van der Waals surface area contributed by atoms with Crippen molar-refractivity contribution in [2.24, 2.45) is 14.1 Å². The van der Waals surface area contributed by atoms with Gasteiger partial charge in [0.05, 0.1) is 5.39 Å². The van der Waals surface area contributed by atoms with Crippen molar-refractivity contribution < 1.29 is 4.79 Å². The minimum absolute atomic E-state index is 0.0447. The maximum absolute atomic E-state index is 12.6. The predicted octanol–water partition coefficient (Wildman–Crippen LogP) is 5.01. The Balaban J connectivity index is 1.56. The summed E-state index contributed by atoms with van der Waals surface area (Å²) in [6, 6.07) is 16.2. The standard InChI is InChI=1S/C23H20ClN3O2S/c1-14(30-23-25-21-19(12-13-26(21)2)22(29)27(23)3)15-4-6-16(7-5-15)20(28)17-8-10-18(24)11-9-17/h4-14H,1-3H3. The summed E-state index contributed by atoms with van der Waals surface area (Å²) in [5.41, 5.74) is 2.89. The first-order valence-corrected chi connectivity index (χ1v) is 10.7. The highest BCUT2D eigenvalue weighted by Crippen LogP contribution is 2.33. The van der Waals surface area contributed by atoms with E-state index < -0.39 is 0 Å². The number of hydrogen-bond acceptors (Lipinski definition) is 4. The number of carbonyl (C=O) groups is 1. The lowest BCUT2D eigenvalue weighted by Gasteiger charge is -2.14. The normalized spacial score (nSPS) is 12.3. The number of ketones is 1. The van der Waals surface area contributed by atoms with E-state index >= 15 is 0 Å². The minimum Gasteiger partial charge on any atom is -0.335 e. The highest BCUT2D eigenvalue weighted by Gasteiger charge is 2.16. The largest absolute Gasteiger partial charge is 0.335 e. The van der Waals surface area contributed by atoms with Gasteiger partial charge < -0.3 is 4.57 Å². The Bertz CT molecular complexity index is 1290. The molecule has 0 aliphatic carbocycles. The van der Waals surface area contributed by atoms with Gasteiger partial charge in [-0.25, -0.2) is 4.98 Å². The van der Waals surface area contributed by atoms with Gasteiger partial charge in [0, 0.05) is 41.7 Å². The first-order valence-electron chi connectivity index (χ1n) is 9.44. The van der Waals surface area contributed by atoms with E-state index in [2.05, 4.69) is 11.9 Å². The monoisotopic (exact) mass is 437 g/mol. The minimum atomic E-state index is -0.0563. The highest BCUT2D eigenvalue weighted by molar-refractivity contribution is 7.99. The van der Waals surface area contributed by atoms with Crippen molar-refractivity contribution in [1.82, 2.24) is 14.1 Å². The van der Waals surface area contributed by atoms with Gasteiger partial charge in [-0.15, -0.1) is 0 Å². The van der Waals surface area contributed by atoms with E-state index in [1.807, 2.05) is 42.1 Å². The van der Waals surface area contributed by atoms with Crippen LogP contribution < -0.4 is 5.56 Å². The summed E-state index contributed by atoms with van der Waals surface area (Å²) in [4.78, 5) is 29.9. The second kappa shape index (κ2) is 8.13. The van der Waals surface area contributed by atoms with Gasteiger partial charge in [0.1, 0.15) is 5.65 Å². The van der Waals surface area contributed by atoms with Gasteiger partial charge in [0.2, 0.25) is 0 Å². The SMILES string of the molecule is CC(Sc1nc2c(ccn2C)c(=O)n1C)c1ccc(C(=O)c2ccc(Cl)cc2)cc1. The highest BCUT2D eigenvalue weighted by atomic mass is 35.5. The second-order valence-electron chi connectivity index (χ2n) is 7.14. The molecule has 0 bridgehead atoms. The third-order valence-electron chi connectivity index (χ3n) is 5.09. The molecule has 4 aromatic rings. The van der Waals surface area contributed by atoms with Crippen molar-refractivity contribution >= 4 is 40.2 Å². The molecule has 0 amide bonds. The average molecular weight is 438 g/mol. The van der Waals surface area contributed by atoms with Gasteiger partial charge in [-0.1, -0.05) is 47.6 Å². The Hall–Kier alpha value is -2.83. The summed E-state index contributed by atoms with van der Waals surface area (Å²) in [7, 11) is 3.62. The summed E-state index contributed by atoms with van der Waals surface area (Å²) >= 11 is 7.41. The van der Waals surface area contributed by atoms with Crippen molar-refractivity contribution in [3.8, 4) is 0 Å². The maximum Gasteiger partial charge on any atom is 0.263 e. The molecule has 2 heterocycles. The van der Waals surface area contributed by atoms with Crippen LogP contribution in [-0.4, -0.2) is 19.9 Å². The van der Waals surface area contributed by atoms with E-state index in [4.69, 9.17) is 11.6 Å². The molecule has 7 heteroatoms. The zero-order valence-electron chi connectivity index (χ0n) is 16.8. The van der Waals surface area contributed by atoms with E-state index in [-0.39, 0.29) is 16.6 Å². The van der Waals surface area contributed by atoms with Crippen molar-refractivity contribution in [3.05, 3.63) is 92.9 Å². The molecule has 0 N–H and O–H groups in total. The van der Waals surface area contributed by atoms with Crippen LogP contribution in [0.2, 0.25) is 5.02 Å². The van der Waals surface area contributed by atoms with E-state index in [1.54, 1.807) is 41.9 Å². The van der Waals surface area contributed by atoms with Crippen LogP contribution in [-0.2, 0) is 14.1 Å². The van der Waals surface area contributed by atoms with Gasteiger partial charge in [-0.3, -0.25) is 14.2 Å². The molecule has 30 heavy (non-hydrogen) atoms. The molecule has 1 atom stereocenters. The Morgan fingerprint density at radius 3 is 2.23 bits per heavy atom. The fourth-order valence-electron chi connectivity index (χ4n) is 3.27. The Labute approximate surface area is 183 Å². The van der Waals surface area contributed by atoms with Crippen molar-refractivity contribution in [3.63, 3.8) is 0 Å². The number of rotatable bonds is 5. The van der Waals surface area contributed by atoms with Crippen LogP contribution in [0, 0.1) is 0 Å². The number of benzene rings is 2. The smallest absolute Gasteiger partial charge is 0.263 e. The molecule has 0 aliphatic heterocycles. The van der Waals surface area contributed by atoms with Crippen LogP contribution in [0.5, 0.6) is 0 Å². The maximum atomic E-state index is 12.6. The molecule has 0 aliphatic rings. The zero-order valence-corrected chi connectivity index (χ0v) is 18.4. The fraction of sp³-hybridized carbons (Fsp3) is 0.174. The van der Waals surface area contributed by atoms with E-state index in [9.17, 15) is 9.59 Å². The van der Waals surface area contributed by atoms with Crippen LogP contribution in [0.1, 0.15) is 33.7 Å². The second-order valence-corrected chi connectivity index (χ2v) is 8.88. The molecule has 0 saturated carbocycles. The number of halogens is 1. The molecule has 152 valence electrons. The Morgan fingerprint density at radius 2 is 1.60 bits per heavy atom. The fourth-order valence-corrected chi connectivity index (χ4v) is 4.38. The third kappa shape index (κ3) is 3.80. The Morgan fingerprint density at radius 1 is 1.00 bits per heavy atom. The van der Waals surface area contributed by atoms with Gasteiger partial charge in [0.15, 0.2) is 10.9 Å². The molecule has 0 saturated heterocycles. The van der Waals surface area contributed by atoms with E-state index in [1.165, 1.54) is 11.8 Å². The number of aryl methyl sites for hydroxylation is 1. The summed E-state index contributed by atoms with van der Waals surface area (Å²) in [5, 5.41) is 1.93. The van der Waals surface area contributed by atoms with Crippen LogP contribution >= 0.6 is 23.4 Å². The molecule has 0 radical (unpaired) electrons. The van der Waals surface area contributed by atoms with Crippen LogP contribution in [0.15, 0.2) is 70.7 Å². The summed E-state index contributed by atoms with van der Waals surface area (Å²) in [6.07, 6.45) is 1.84. The summed E-state index contributed by atoms with van der Waals surface area (Å²) < 4.78 is 3.44. The van der Waals surface area contributed by atoms with Crippen LogP contribution in [0.4, 0.5) is 0 Å². The van der Waals surface area contributed by atoms with Gasteiger partial charge in [0.25, 0.3) is 5.56 Å². The first-order chi connectivity index (χ1) is 14.3. The summed E-state index contributed by atoms with van der Waals surface area (Å²) in [5.74, 6) is -0.0447. The molecule has 2 aromatic heterocycles. The Kier molecular flexibility index (Phi) is 5.54. The molecule has 5 nitrogen and oxygen atoms in total. The van der Waals surface area contributed by atoms with Gasteiger partial charge in [-0.2, -0.15) is 0 Å². The van der Waals surface area contributed by atoms with Crippen molar-refractivity contribution in [2.45, 2.75) is 17.3 Å². The zero-order chi connectivity index (χ0) is 21.4. The van der Waals surface area contributed by atoms with E-state index in [0.29, 0.717) is 32.3 Å². The van der Waals surface area contributed by atoms with Crippen molar-refractivity contribution in [1.29, 1.82) is 0 Å². The number of hydrogen-bond donors (Lipinski definition) is 0. The van der Waals surface area contributed by atoms with Crippen molar-refractivity contribution in [2.75, 3.05) is 0 Å². The molecular formula is C23H20ClN3O2S. The van der Waals surface area contributed by atoms with Crippen LogP contribution in [0.3, 0.4) is 0 Å². The first kappa shape index (κ1) is 20.4. The number of thioether (sulfide) groups is 1. The lowest BCUT2D eigenvalue weighted by Crippen LogP contribution is -2.20. The molecule has 1 unspecified atom stereocenters. The van der Waals surface area contributed by atoms with Gasteiger partial charge in [-0.05, 0) is 42.8 Å². The molecule has 4 rings (SSSR count).